The fourth-order valence-corrected chi connectivity index (χ4v) is 3.05. The van der Waals surface area contributed by atoms with Gasteiger partial charge in [0.2, 0.25) is 5.88 Å². The summed E-state index contributed by atoms with van der Waals surface area (Å²) in [7, 11) is 1.69. The lowest BCUT2D eigenvalue weighted by molar-refractivity contribution is 0.285. The van der Waals surface area contributed by atoms with E-state index in [2.05, 4.69) is 32.1 Å². The van der Waals surface area contributed by atoms with Crippen molar-refractivity contribution in [2.45, 2.75) is 26.2 Å². The quantitative estimate of drug-likeness (QED) is 0.692. The summed E-state index contributed by atoms with van der Waals surface area (Å²) in [5.41, 5.74) is 3.41. The van der Waals surface area contributed by atoms with E-state index >= 15 is 0 Å². The van der Waals surface area contributed by atoms with Gasteiger partial charge in [-0.25, -0.2) is 9.97 Å². The third kappa shape index (κ3) is 3.72. The summed E-state index contributed by atoms with van der Waals surface area (Å²) in [5, 5.41) is 0. The molecule has 0 amide bonds. The number of aryl methyl sites for hydroxylation is 3. The third-order valence-electron chi connectivity index (χ3n) is 4.80. The summed E-state index contributed by atoms with van der Waals surface area (Å²) < 4.78 is 7.51. The van der Waals surface area contributed by atoms with Crippen molar-refractivity contribution in [1.82, 2.24) is 24.5 Å². The van der Waals surface area contributed by atoms with E-state index in [1.165, 1.54) is 10.8 Å². The van der Waals surface area contributed by atoms with Crippen molar-refractivity contribution in [1.29, 1.82) is 0 Å². The topological polar surface area (TPSA) is 82.8 Å². The highest BCUT2D eigenvalue weighted by atomic mass is 16.5. The van der Waals surface area contributed by atoms with Crippen molar-refractivity contribution in [3.05, 3.63) is 64.4 Å². The van der Waals surface area contributed by atoms with Gasteiger partial charge in [0.05, 0.1) is 24.1 Å². The molecule has 0 spiro atoms. The Kier molecular flexibility index (Phi) is 4.43. The standard InChI is InChI=1S/C20H21N5O2/c1-12-4-5-17(22-7-12)15-6-14(15)11-27-20-16(8-21-13(2)24-20)18-10-25(3)19(26)9-23-18/h4-5,7-10,14-15H,6,11H2,1-3H3/t14-,15+/m1/s1. The van der Waals surface area contributed by atoms with Crippen LogP contribution in [0.3, 0.4) is 0 Å². The number of aromatic nitrogens is 5. The van der Waals surface area contributed by atoms with E-state index in [9.17, 15) is 4.79 Å². The summed E-state index contributed by atoms with van der Waals surface area (Å²) in [6.07, 6.45) is 7.62. The number of rotatable bonds is 5. The van der Waals surface area contributed by atoms with Crippen molar-refractivity contribution in [2.75, 3.05) is 6.61 Å². The van der Waals surface area contributed by atoms with Gasteiger partial charge in [-0.3, -0.25) is 9.78 Å². The zero-order chi connectivity index (χ0) is 19.0. The SMILES string of the molecule is Cc1ccc([C@H]2C[C@@H]2COc2nc(C)ncc2-c2cn(C)c(=O)cn2)nc1. The van der Waals surface area contributed by atoms with Crippen LogP contribution in [0.5, 0.6) is 5.88 Å². The van der Waals surface area contributed by atoms with Crippen LogP contribution in [-0.2, 0) is 7.05 Å². The van der Waals surface area contributed by atoms with Gasteiger partial charge in [0.1, 0.15) is 5.82 Å². The first-order chi connectivity index (χ1) is 13.0. The first-order valence-electron chi connectivity index (χ1n) is 8.93. The van der Waals surface area contributed by atoms with Crippen LogP contribution in [0.1, 0.15) is 29.4 Å². The van der Waals surface area contributed by atoms with Crippen molar-refractivity contribution < 1.29 is 4.74 Å². The maximum atomic E-state index is 11.6. The van der Waals surface area contributed by atoms with Gasteiger partial charge in [0.15, 0.2) is 0 Å². The molecule has 3 aromatic rings. The Morgan fingerprint density at radius 1 is 1.15 bits per heavy atom. The molecule has 0 radical (unpaired) electrons. The molecule has 7 heteroatoms. The predicted octanol–water partition coefficient (Wildman–Crippen LogP) is 2.43. The molecule has 3 heterocycles. The minimum Gasteiger partial charge on any atom is -0.477 e. The lowest BCUT2D eigenvalue weighted by Gasteiger charge is -2.11. The molecule has 1 fully saturated rings. The van der Waals surface area contributed by atoms with Gasteiger partial charge in [0.25, 0.3) is 5.56 Å². The maximum Gasteiger partial charge on any atom is 0.268 e. The van der Waals surface area contributed by atoms with E-state index in [0.717, 1.165) is 17.7 Å². The zero-order valence-corrected chi connectivity index (χ0v) is 15.6. The van der Waals surface area contributed by atoms with E-state index in [4.69, 9.17) is 4.74 Å². The molecule has 1 aliphatic carbocycles. The Morgan fingerprint density at radius 2 is 2.00 bits per heavy atom. The molecule has 138 valence electrons. The molecule has 0 aromatic carbocycles. The largest absolute Gasteiger partial charge is 0.477 e. The van der Waals surface area contributed by atoms with Crippen LogP contribution in [-0.4, -0.2) is 31.1 Å². The van der Waals surface area contributed by atoms with E-state index < -0.39 is 0 Å². The van der Waals surface area contributed by atoms with Crippen molar-refractivity contribution >= 4 is 0 Å². The summed E-state index contributed by atoms with van der Waals surface area (Å²) in [6.45, 7) is 4.42. The van der Waals surface area contributed by atoms with Gasteiger partial charge in [-0.1, -0.05) is 6.07 Å². The molecule has 4 rings (SSSR count). The summed E-state index contributed by atoms with van der Waals surface area (Å²) in [6, 6.07) is 4.18. The molecule has 0 saturated heterocycles. The Hall–Kier alpha value is -3.09. The highest BCUT2D eigenvalue weighted by molar-refractivity contribution is 5.62. The maximum absolute atomic E-state index is 11.6. The molecule has 27 heavy (non-hydrogen) atoms. The fraction of sp³-hybridized carbons (Fsp3) is 0.350. The van der Waals surface area contributed by atoms with Gasteiger partial charge < -0.3 is 9.30 Å². The smallest absolute Gasteiger partial charge is 0.268 e. The second kappa shape index (κ2) is 6.90. The molecular formula is C20H21N5O2. The van der Waals surface area contributed by atoms with Crippen LogP contribution in [0.4, 0.5) is 0 Å². The average Bonchev–Trinajstić information content (AvgIpc) is 3.43. The highest BCUT2D eigenvalue weighted by Gasteiger charge is 2.40. The average molecular weight is 363 g/mol. The predicted molar refractivity (Wildman–Crippen MR) is 101 cm³/mol. The van der Waals surface area contributed by atoms with Crippen LogP contribution in [0.15, 0.2) is 41.7 Å². The lowest BCUT2D eigenvalue weighted by Crippen LogP contribution is -2.16. The van der Waals surface area contributed by atoms with Crippen molar-refractivity contribution in [3.8, 4) is 17.1 Å². The Labute approximate surface area is 157 Å². The second-order valence-electron chi connectivity index (χ2n) is 7.03. The van der Waals surface area contributed by atoms with Crippen molar-refractivity contribution in [3.63, 3.8) is 0 Å². The van der Waals surface area contributed by atoms with Crippen LogP contribution >= 0.6 is 0 Å². The molecule has 1 saturated carbocycles. The summed E-state index contributed by atoms with van der Waals surface area (Å²) in [4.78, 5) is 29.0. The fourth-order valence-electron chi connectivity index (χ4n) is 3.05. The molecule has 1 aliphatic rings. The van der Waals surface area contributed by atoms with Gasteiger partial charge in [-0.2, -0.15) is 4.98 Å². The molecule has 7 nitrogen and oxygen atoms in total. The van der Waals surface area contributed by atoms with Gasteiger partial charge in [-0.05, 0) is 31.9 Å². The molecule has 2 atom stereocenters. The Morgan fingerprint density at radius 3 is 2.74 bits per heavy atom. The van der Waals surface area contributed by atoms with Crippen LogP contribution < -0.4 is 10.3 Å². The lowest BCUT2D eigenvalue weighted by atomic mass is 10.2. The summed E-state index contributed by atoms with van der Waals surface area (Å²) >= 11 is 0. The molecule has 0 bridgehead atoms. The first-order valence-corrected chi connectivity index (χ1v) is 8.93. The van der Waals surface area contributed by atoms with Crippen LogP contribution in [0.25, 0.3) is 11.3 Å². The normalized spacial score (nSPS) is 18.3. The number of ether oxygens (including phenoxy) is 1. The van der Waals surface area contributed by atoms with Crippen molar-refractivity contribution in [2.24, 2.45) is 13.0 Å². The monoisotopic (exact) mass is 363 g/mol. The van der Waals surface area contributed by atoms with Gasteiger partial charge >= 0.3 is 0 Å². The minimum absolute atomic E-state index is 0.166. The Bertz CT molecular complexity index is 1030. The van der Waals surface area contributed by atoms with E-state index in [0.29, 0.717) is 41.4 Å². The number of pyridine rings is 1. The van der Waals surface area contributed by atoms with E-state index in [1.54, 1.807) is 19.4 Å². The van der Waals surface area contributed by atoms with E-state index in [-0.39, 0.29) is 5.56 Å². The number of hydrogen-bond acceptors (Lipinski definition) is 6. The molecular weight excluding hydrogens is 342 g/mol. The Balaban J connectivity index is 1.51. The van der Waals surface area contributed by atoms with Gasteiger partial charge in [-0.15, -0.1) is 0 Å². The van der Waals surface area contributed by atoms with E-state index in [1.807, 2.05) is 20.0 Å². The first kappa shape index (κ1) is 17.3. The zero-order valence-electron chi connectivity index (χ0n) is 15.6. The summed E-state index contributed by atoms with van der Waals surface area (Å²) in [5.74, 6) is 1.99. The minimum atomic E-state index is -0.166. The molecule has 0 unspecified atom stereocenters. The highest BCUT2D eigenvalue weighted by Crippen LogP contribution is 2.46. The number of nitrogens with zero attached hydrogens (tertiary/aromatic N) is 5. The molecule has 0 N–H and O–H groups in total. The molecule has 3 aromatic heterocycles. The number of hydrogen-bond donors (Lipinski definition) is 0. The van der Waals surface area contributed by atoms with Crippen LogP contribution in [0, 0.1) is 19.8 Å². The van der Waals surface area contributed by atoms with Gasteiger partial charge in [0, 0.05) is 43.2 Å². The third-order valence-corrected chi connectivity index (χ3v) is 4.80. The molecule has 0 aliphatic heterocycles. The second-order valence-corrected chi connectivity index (χ2v) is 7.03. The van der Waals surface area contributed by atoms with Crippen LogP contribution in [0.2, 0.25) is 0 Å².